The standard InChI is InChI=1S/C22H30F3N7.HI/c1-3-26-20(30(2)17-18-5-7-19(8-6-18)22(23,24)25)29-11-12-31-13-15-32(16-14-31)21-27-9-4-10-28-21;/h4-10H,3,11-17H2,1-2H3,(H,26,29);1H. The number of aromatic nitrogens is 2. The largest absolute Gasteiger partial charge is 0.416 e. The van der Waals surface area contributed by atoms with Crippen molar-refractivity contribution >= 4 is 35.9 Å². The maximum absolute atomic E-state index is 12.8. The van der Waals surface area contributed by atoms with Crippen LogP contribution in [-0.4, -0.2) is 78.6 Å². The molecule has 11 heteroatoms. The Bertz CT molecular complexity index is 855. The molecule has 7 nitrogen and oxygen atoms in total. The van der Waals surface area contributed by atoms with Gasteiger partial charge < -0.3 is 15.1 Å². The van der Waals surface area contributed by atoms with Crippen LogP contribution in [0.25, 0.3) is 0 Å². The summed E-state index contributed by atoms with van der Waals surface area (Å²) in [7, 11) is 1.89. The molecule has 1 saturated heterocycles. The second-order valence-corrected chi connectivity index (χ2v) is 7.66. The maximum atomic E-state index is 12.8. The summed E-state index contributed by atoms with van der Waals surface area (Å²) in [5.41, 5.74) is 0.161. The first-order valence-electron chi connectivity index (χ1n) is 10.8. The molecule has 0 bridgehead atoms. The average Bonchev–Trinajstić information content (AvgIpc) is 2.79. The van der Waals surface area contributed by atoms with Gasteiger partial charge in [-0.1, -0.05) is 12.1 Å². The first-order valence-corrected chi connectivity index (χ1v) is 10.8. The highest BCUT2D eigenvalue weighted by Crippen LogP contribution is 2.29. The van der Waals surface area contributed by atoms with Crippen molar-refractivity contribution in [1.82, 2.24) is 25.1 Å². The van der Waals surface area contributed by atoms with Crippen molar-refractivity contribution in [2.75, 3.05) is 57.8 Å². The molecule has 2 heterocycles. The van der Waals surface area contributed by atoms with Crippen LogP contribution in [0, 0.1) is 0 Å². The second-order valence-electron chi connectivity index (χ2n) is 7.66. The number of benzene rings is 1. The molecule has 0 amide bonds. The number of hydrogen-bond donors (Lipinski definition) is 1. The van der Waals surface area contributed by atoms with Crippen molar-refractivity contribution in [3.05, 3.63) is 53.9 Å². The van der Waals surface area contributed by atoms with E-state index in [2.05, 4.69) is 25.1 Å². The van der Waals surface area contributed by atoms with Crippen molar-refractivity contribution < 1.29 is 13.2 Å². The van der Waals surface area contributed by atoms with E-state index in [0.717, 1.165) is 62.3 Å². The van der Waals surface area contributed by atoms with E-state index >= 15 is 0 Å². The first kappa shape index (κ1) is 27.1. The monoisotopic (exact) mass is 577 g/mol. The number of alkyl halides is 3. The summed E-state index contributed by atoms with van der Waals surface area (Å²) in [6.07, 6.45) is -0.805. The molecule has 2 aromatic rings. The van der Waals surface area contributed by atoms with Crippen LogP contribution in [-0.2, 0) is 12.7 Å². The zero-order valence-corrected chi connectivity index (χ0v) is 21.3. The third-order valence-electron chi connectivity index (χ3n) is 5.28. The number of guanidine groups is 1. The number of hydrogen-bond acceptors (Lipinski definition) is 5. The lowest BCUT2D eigenvalue weighted by atomic mass is 10.1. The summed E-state index contributed by atoms with van der Waals surface area (Å²) in [5, 5.41) is 3.26. The van der Waals surface area contributed by atoms with E-state index in [-0.39, 0.29) is 24.0 Å². The molecule has 0 radical (unpaired) electrons. The smallest absolute Gasteiger partial charge is 0.357 e. The molecule has 1 fully saturated rings. The van der Waals surface area contributed by atoms with Gasteiger partial charge in [0.1, 0.15) is 0 Å². The molecule has 1 aliphatic rings. The Kier molecular flexibility index (Phi) is 10.6. The van der Waals surface area contributed by atoms with Crippen LogP contribution >= 0.6 is 24.0 Å². The molecular formula is C22H31F3IN7. The van der Waals surface area contributed by atoms with Crippen LogP contribution in [0.2, 0.25) is 0 Å². The number of anilines is 1. The summed E-state index contributed by atoms with van der Waals surface area (Å²) in [6.45, 7) is 8.26. The van der Waals surface area contributed by atoms with Gasteiger partial charge in [0.25, 0.3) is 0 Å². The zero-order valence-electron chi connectivity index (χ0n) is 18.9. The van der Waals surface area contributed by atoms with Crippen LogP contribution in [0.1, 0.15) is 18.1 Å². The highest BCUT2D eigenvalue weighted by molar-refractivity contribution is 14.0. The minimum absolute atomic E-state index is 0. The van der Waals surface area contributed by atoms with Gasteiger partial charge in [-0.25, -0.2) is 9.97 Å². The molecule has 0 atom stereocenters. The average molecular weight is 577 g/mol. The number of piperazine rings is 1. The van der Waals surface area contributed by atoms with Gasteiger partial charge in [-0.05, 0) is 30.7 Å². The van der Waals surface area contributed by atoms with Gasteiger partial charge in [-0.15, -0.1) is 24.0 Å². The summed E-state index contributed by atoms with van der Waals surface area (Å²) in [4.78, 5) is 19.8. The van der Waals surface area contributed by atoms with Gasteiger partial charge in [0, 0.05) is 65.3 Å². The van der Waals surface area contributed by atoms with Gasteiger partial charge >= 0.3 is 6.18 Å². The molecular weight excluding hydrogens is 546 g/mol. The Morgan fingerprint density at radius 3 is 2.30 bits per heavy atom. The van der Waals surface area contributed by atoms with E-state index in [9.17, 15) is 13.2 Å². The molecule has 33 heavy (non-hydrogen) atoms. The van der Waals surface area contributed by atoms with Crippen LogP contribution in [0.5, 0.6) is 0 Å². The van der Waals surface area contributed by atoms with Gasteiger partial charge in [0.05, 0.1) is 12.1 Å². The van der Waals surface area contributed by atoms with E-state index in [1.54, 1.807) is 12.4 Å². The summed E-state index contributed by atoms with van der Waals surface area (Å²) in [5.74, 6) is 1.51. The first-order chi connectivity index (χ1) is 15.4. The minimum Gasteiger partial charge on any atom is -0.357 e. The number of halogens is 4. The summed E-state index contributed by atoms with van der Waals surface area (Å²) >= 11 is 0. The molecule has 3 rings (SSSR count). The number of nitrogens with zero attached hydrogens (tertiary/aromatic N) is 6. The predicted molar refractivity (Wildman–Crippen MR) is 135 cm³/mol. The SMILES string of the molecule is CCNC(=NCCN1CCN(c2ncccn2)CC1)N(C)Cc1ccc(C(F)(F)F)cc1.I. The fourth-order valence-corrected chi connectivity index (χ4v) is 3.54. The molecule has 0 saturated carbocycles. The number of rotatable bonds is 7. The summed E-state index contributed by atoms with van der Waals surface area (Å²) in [6, 6.07) is 7.08. The molecule has 1 aromatic carbocycles. The van der Waals surface area contributed by atoms with Crippen LogP contribution < -0.4 is 10.2 Å². The molecule has 1 N–H and O–H groups in total. The molecule has 182 valence electrons. The lowest BCUT2D eigenvalue weighted by Crippen LogP contribution is -2.47. The third kappa shape index (κ3) is 8.29. The Balaban J connectivity index is 0.00000385. The van der Waals surface area contributed by atoms with Crippen LogP contribution in [0.15, 0.2) is 47.7 Å². The van der Waals surface area contributed by atoms with Gasteiger partial charge in [0.15, 0.2) is 5.96 Å². The molecule has 0 spiro atoms. The topological polar surface area (TPSA) is 59.9 Å². The van der Waals surface area contributed by atoms with Gasteiger partial charge in [-0.3, -0.25) is 9.89 Å². The van der Waals surface area contributed by atoms with Crippen molar-refractivity contribution in [2.45, 2.75) is 19.6 Å². The number of aliphatic imine (C=N–C) groups is 1. The van der Waals surface area contributed by atoms with Crippen LogP contribution in [0.4, 0.5) is 19.1 Å². The molecule has 0 unspecified atom stereocenters. The Morgan fingerprint density at radius 2 is 1.73 bits per heavy atom. The molecule has 1 aliphatic heterocycles. The van der Waals surface area contributed by atoms with Crippen LogP contribution in [0.3, 0.4) is 0 Å². The molecule has 1 aromatic heterocycles. The van der Waals surface area contributed by atoms with Crippen molar-refractivity contribution in [3.8, 4) is 0 Å². The Labute approximate surface area is 210 Å². The van der Waals surface area contributed by atoms with Crippen molar-refractivity contribution in [2.24, 2.45) is 4.99 Å². The maximum Gasteiger partial charge on any atom is 0.416 e. The molecule has 0 aliphatic carbocycles. The summed E-state index contributed by atoms with van der Waals surface area (Å²) < 4.78 is 38.3. The van der Waals surface area contributed by atoms with E-state index in [1.807, 2.05) is 24.9 Å². The van der Waals surface area contributed by atoms with E-state index in [0.29, 0.717) is 19.6 Å². The Morgan fingerprint density at radius 1 is 1.09 bits per heavy atom. The zero-order chi connectivity index (χ0) is 23.0. The predicted octanol–water partition coefficient (Wildman–Crippen LogP) is 3.33. The normalized spacial score (nSPS) is 15.2. The van der Waals surface area contributed by atoms with E-state index < -0.39 is 11.7 Å². The van der Waals surface area contributed by atoms with Crippen molar-refractivity contribution in [3.63, 3.8) is 0 Å². The lowest BCUT2D eigenvalue weighted by Gasteiger charge is -2.34. The second kappa shape index (κ2) is 12.9. The highest BCUT2D eigenvalue weighted by atomic mass is 127. The highest BCUT2D eigenvalue weighted by Gasteiger charge is 2.30. The number of nitrogens with one attached hydrogen (secondary N) is 1. The van der Waals surface area contributed by atoms with E-state index in [4.69, 9.17) is 4.99 Å². The third-order valence-corrected chi connectivity index (χ3v) is 5.28. The minimum atomic E-state index is -4.32. The quantitative estimate of drug-likeness (QED) is 0.310. The van der Waals surface area contributed by atoms with Gasteiger partial charge in [-0.2, -0.15) is 13.2 Å². The fraction of sp³-hybridized carbons (Fsp3) is 0.500. The fourth-order valence-electron chi connectivity index (χ4n) is 3.54. The van der Waals surface area contributed by atoms with Crippen molar-refractivity contribution in [1.29, 1.82) is 0 Å². The van der Waals surface area contributed by atoms with Gasteiger partial charge in [0.2, 0.25) is 5.95 Å². The van der Waals surface area contributed by atoms with E-state index in [1.165, 1.54) is 12.1 Å². The lowest BCUT2D eigenvalue weighted by molar-refractivity contribution is -0.137. The Hall–Kier alpha value is -2.15.